The quantitative estimate of drug-likeness (QED) is 0.621. The van der Waals surface area contributed by atoms with Crippen LogP contribution in [0.4, 0.5) is 30.7 Å². The van der Waals surface area contributed by atoms with Crippen LogP contribution in [0, 0.1) is 0 Å². The summed E-state index contributed by atoms with van der Waals surface area (Å²) in [6.45, 7) is 0.174. The van der Waals surface area contributed by atoms with Gasteiger partial charge in [0.15, 0.2) is 0 Å². The zero-order valence-electron chi connectivity index (χ0n) is 7.58. The molecule has 0 spiro atoms. The highest BCUT2D eigenvalue weighted by atomic mass is 19.4. The summed E-state index contributed by atoms with van der Waals surface area (Å²) >= 11 is 0. The van der Waals surface area contributed by atoms with Crippen molar-refractivity contribution in [3.8, 4) is 0 Å². The summed E-state index contributed by atoms with van der Waals surface area (Å²) in [5.74, 6) is -14.0. The van der Waals surface area contributed by atoms with Gasteiger partial charge in [-0.2, -0.15) is 30.7 Å². The molecule has 16 heavy (non-hydrogen) atoms. The van der Waals surface area contributed by atoms with Crippen molar-refractivity contribution in [2.75, 3.05) is 0 Å². The third-order valence-electron chi connectivity index (χ3n) is 1.59. The van der Waals surface area contributed by atoms with E-state index in [1.54, 1.807) is 0 Å². The van der Waals surface area contributed by atoms with Gasteiger partial charge in [-0.3, -0.25) is 0 Å². The maximum absolute atomic E-state index is 12.6. The largest absolute Gasteiger partial charge is 0.478 e. The van der Waals surface area contributed by atoms with Crippen molar-refractivity contribution in [1.82, 2.24) is 0 Å². The molecular weight excluding hydrogens is 249 g/mol. The summed E-state index contributed by atoms with van der Waals surface area (Å²) in [5.41, 5.74) is -1.89. The van der Waals surface area contributed by atoms with Crippen LogP contribution < -0.4 is 0 Å². The van der Waals surface area contributed by atoms with Crippen molar-refractivity contribution >= 4 is 5.97 Å². The second kappa shape index (κ2) is 3.95. The average molecular weight is 254 g/mol. The molecule has 2 nitrogen and oxygen atoms in total. The van der Waals surface area contributed by atoms with Gasteiger partial charge < -0.3 is 5.11 Å². The van der Waals surface area contributed by atoms with Crippen molar-refractivity contribution < 1.29 is 40.6 Å². The zero-order chi connectivity index (χ0) is 13.4. The van der Waals surface area contributed by atoms with Crippen molar-refractivity contribution in [3.05, 3.63) is 11.6 Å². The minimum Gasteiger partial charge on any atom is -0.478 e. The lowest BCUT2D eigenvalue weighted by Crippen LogP contribution is -2.52. The summed E-state index contributed by atoms with van der Waals surface area (Å²) in [7, 11) is 0. The Kier molecular flexibility index (Phi) is 3.63. The van der Waals surface area contributed by atoms with Crippen LogP contribution in [0.25, 0.3) is 0 Å². The normalized spacial score (nSPS) is 15.1. The number of halogens is 7. The second-order valence-corrected chi connectivity index (χ2v) is 2.81. The van der Waals surface area contributed by atoms with Gasteiger partial charge in [-0.05, 0) is 6.92 Å². The first-order valence-electron chi connectivity index (χ1n) is 3.58. The Balaban J connectivity index is 5.44. The van der Waals surface area contributed by atoms with Crippen LogP contribution in [0.1, 0.15) is 6.92 Å². The number of carboxylic acid groups (broad SMARTS) is 1. The Morgan fingerprint density at radius 1 is 1.06 bits per heavy atom. The second-order valence-electron chi connectivity index (χ2n) is 2.81. The average Bonchev–Trinajstić information content (AvgIpc) is 2.00. The molecule has 0 amide bonds. The highest BCUT2D eigenvalue weighted by Crippen LogP contribution is 2.49. The predicted octanol–water partition coefficient (Wildman–Crippen LogP) is 2.85. The van der Waals surface area contributed by atoms with Crippen LogP contribution >= 0.6 is 0 Å². The SMILES string of the molecule is C/C(=C\C(=O)O)C(F)(F)C(F)(F)C(F)(F)F. The van der Waals surface area contributed by atoms with Gasteiger partial charge in [0.05, 0.1) is 0 Å². The smallest absolute Gasteiger partial charge is 0.460 e. The van der Waals surface area contributed by atoms with Gasteiger partial charge in [0.1, 0.15) is 0 Å². The number of alkyl halides is 7. The van der Waals surface area contributed by atoms with E-state index in [-0.39, 0.29) is 6.92 Å². The number of hydrogen-bond donors (Lipinski definition) is 1. The molecule has 0 atom stereocenters. The fourth-order valence-electron chi connectivity index (χ4n) is 0.701. The molecule has 0 aliphatic heterocycles. The van der Waals surface area contributed by atoms with Crippen LogP contribution in [-0.4, -0.2) is 29.1 Å². The molecule has 9 heteroatoms. The van der Waals surface area contributed by atoms with Crippen LogP contribution in [-0.2, 0) is 4.79 Å². The monoisotopic (exact) mass is 254 g/mol. The van der Waals surface area contributed by atoms with E-state index in [0.29, 0.717) is 0 Å². The molecule has 0 aromatic heterocycles. The Labute approximate surface area is 84.4 Å². The van der Waals surface area contributed by atoms with E-state index in [1.165, 1.54) is 0 Å². The van der Waals surface area contributed by atoms with Crippen molar-refractivity contribution in [1.29, 1.82) is 0 Å². The molecule has 0 aromatic carbocycles. The molecule has 0 aliphatic rings. The van der Waals surface area contributed by atoms with E-state index in [1.807, 2.05) is 0 Å². The van der Waals surface area contributed by atoms with Crippen LogP contribution in [0.3, 0.4) is 0 Å². The van der Waals surface area contributed by atoms with Gasteiger partial charge in [0, 0.05) is 11.6 Å². The van der Waals surface area contributed by atoms with Gasteiger partial charge in [-0.15, -0.1) is 0 Å². The van der Waals surface area contributed by atoms with Gasteiger partial charge in [-0.25, -0.2) is 4.79 Å². The molecule has 0 aliphatic carbocycles. The minimum atomic E-state index is -6.47. The number of aliphatic carboxylic acids is 1. The molecule has 0 radical (unpaired) electrons. The molecule has 0 aromatic rings. The standard InChI is InChI=1S/C7H5F7O2/c1-3(2-4(15)16)5(8,9)6(10,11)7(12,13)14/h2H,1H3,(H,15,16)/b3-2+. The topological polar surface area (TPSA) is 37.3 Å². The molecule has 0 bridgehead atoms. The number of carbonyl (C=O) groups is 1. The zero-order valence-corrected chi connectivity index (χ0v) is 7.58. The molecule has 0 saturated carbocycles. The Hall–Kier alpha value is -1.28. The third-order valence-corrected chi connectivity index (χ3v) is 1.59. The highest BCUT2D eigenvalue weighted by molar-refractivity contribution is 5.80. The number of allylic oxidation sites excluding steroid dienone is 1. The molecule has 0 fully saturated rings. The molecule has 1 N–H and O–H groups in total. The van der Waals surface area contributed by atoms with Gasteiger partial charge in [0.2, 0.25) is 0 Å². The summed E-state index contributed by atoms with van der Waals surface area (Å²) in [4.78, 5) is 9.90. The maximum atomic E-state index is 12.6. The van der Waals surface area contributed by atoms with Gasteiger partial charge in [0.25, 0.3) is 0 Å². The Morgan fingerprint density at radius 2 is 1.44 bits per heavy atom. The first-order valence-corrected chi connectivity index (χ1v) is 3.58. The van der Waals surface area contributed by atoms with E-state index >= 15 is 0 Å². The minimum absolute atomic E-state index is 0.174. The van der Waals surface area contributed by atoms with Crippen LogP contribution in [0.2, 0.25) is 0 Å². The maximum Gasteiger partial charge on any atom is 0.460 e. The third kappa shape index (κ3) is 2.45. The van der Waals surface area contributed by atoms with E-state index in [0.717, 1.165) is 0 Å². The van der Waals surface area contributed by atoms with Crippen molar-refractivity contribution in [2.24, 2.45) is 0 Å². The molecule has 0 unspecified atom stereocenters. The van der Waals surface area contributed by atoms with Crippen molar-refractivity contribution in [2.45, 2.75) is 24.9 Å². The number of hydrogen-bond acceptors (Lipinski definition) is 1. The van der Waals surface area contributed by atoms with E-state index < -0.39 is 35.6 Å². The van der Waals surface area contributed by atoms with Crippen LogP contribution in [0.5, 0.6) is 0 Å². The van der Waals surface area contributed by atoms with E-state index in [2.05, 4.69) is 0 Å². The van der Waals surface area contributed by atoms with E-state index in [4.69, 9.17) is 5.11 Å². The summed E-state index contributed by atoms with van der Waals surface area (Å²) in [6, 6.07) is 0. The Bertz CT molecular complexity index is 315. The molecular formula is C7H5F7O2. The first-order chi connectivity index (χ1) is 6.84. The summed E-state index contributed by atoms with van der Waals surface area (Å²) in [6.07, 6.45) is -6.87. The Morgan fingerprint density at radius 3 is 1.69 bits per heavy atom. The van der Waals surface area contributed by atoms with Crippen molar-refractivity contribution in [3.63, 3.8) is 0 Å². The molecule has 0 heterocycles. The van der Waals surface area contributed by atoms with Crippen LogP contribution in [0.15, 0.2) is 11.6 Å². The first kappa shape index (κ1) is 14.7. The van der Waals surface area contributed by atoms with Gasteiger partial charge >= 0.3 is 24.0 Å². The predicted molar refractivity (Wildman–Crippen MR) is 37.3 cm³/mol. The fraction of sp³-hybridized carbons (Fsp3) is 0.571. The summed E-state index contributed by atoms with van der Waals surface area (Å²) in [5, 5.41) is 7.98. The number of carboxylic acids is 1. The fourth-order valence-corrected chi connectivity index (χ4v) is 0.701. The molecule has 0 rings (SSSR count). The molecule has 0 saturated heterocycles. The lowest BCUT2D eigenvalue weighted by molar-refractivity contribution is -0.344. The van der Waals surface area contributed by atoms with E-state index in [9.17, 15) is 35.5 Å². The lowest BCUT2D eigenvalue weighted by atomic mass is 10.0. The number of rotatable bonds is 3. The lowest BCUT2D eigenvalue weighted by Gasteiger charge is -2.28. The molecule has 94 valence electrons. The summed E-state index contributed by atoms with van der Waals surface area (Å²) < 4.78 is 84.8. The van der Waals surface area contributed by atoms with Gasteiger partial charge in [-0.1, -0.05) is 0 Å². The highest BCUT2D eigenvalue weighted by Gasteiger charge is 2.73.